The molecule has 0 atom stereocenters. The van der Waals surface area contributed by atoms with Crippen molar-refractivity contribution in [2.45, 2.75) is 51.9 Å². The average Bonchev–Trinajstić information content (AvgIpc) is 2.81. The molecule has 7 heteroatoms. The Balaban J connectivity index is 0. The maximum absolute atomic E-state index is 8.74. The molecule has 0 spiro atoms. The number of hydrogen-bond acceptors (Lipinski definition) is 5. The topological polar surface area (TPSA) is 60.8 Å². The van der Waals surface area contributed by atoms with Crippen molar-refractivity contribution in [1.29, 1.82) is 0 Å². The van der Waals surface area contributed by atoms with Crippen molar-refractivity contribution in [3.63, 3.8) is 0 Å². The van der Waals surface area contributed by atoms with Crippen LogP contribution < -0.4 is 4.90 Å². The predicted molar refractivity (Wildman–Crippen MR) is 143 cm³/mol. The Morgan fingerprint density at radius 1 is 1.06 bits per heavy atom. The Morgan fingerprint density at radius 2 is 1.62 bits per heavy atom. The Labute approximate surface area is 208 Å². The van der Waals surface area contributed by atoms with Crippen LogP contribution in [0.4, 0.5) is 5.69 Å². The lowest BCUT2D eigenvalue weighted by Crippen LogP contribution is -2.19. The summed E-state index contributed by atoms with van der Waals surface area (Å²) in [7, 11) is 3.15. The molecule has 0 unspecified atom stereocenters. The van der Waals surface area contributed by atoms with Crippen molar-refractivity contribution >= 4 is 46.6 Å². The molecule has 180 valence electrons. The summed E-state index contributed by atoms with van der Waals surface area (Å²) >= 11 is 14.6. The summed E-state index contributed by atoms with van der Waals surface area (Å²) in [5.74, 6) is 2.13. The van der Waals surface area contributed by atoms with Crippen LogP contribution in [0.25, 0.3) is 11.1 Å². The number of carbonyl (C=O) groups excluding carboxylic acids is 1. The van der Waals surface area contributed by atoms with Crippen LogP contribution in [0.1, 0.15) is 47.0 Å². The zero-order valence-electron chi connectivity index (χ0n) is 20.0. The van der Waals surface area contributed by atoms with Gasteiger partial charge in [-0.25, -0.2) is 4.79 Å². The van der Waals surface area contributed by atoms with Gasteiger partial charge in [0.1, 0.15) is 0 Å². The van der Waals surface area contributed by atoms with Crippen molar-refractivity contribution < 1.29 is 15.0 Å². The number of thioether (sulfide) groups is 1. The standard InChI is InChI=1S/C19H23Cl2NS.C3H8.C2H2O2.CH4O/c1-4-6-13-22(3)16-11-8-12-17(23-5-2)18(16)14-9-7-10-15(20)19(14)21;1-3-2;3-1-2-4;1-2/h7-12H,4-6,13H2,1-3H3;3H2,1-2H3;1,3H;2H,1H3. The number of halogens is 2. The minimum Gasteiger partial charge on any atom is -0.504 e. The van der Waals surface area contributed by atoms with Crippen LogP contribution >= 0.6 is 35.0 Å². The zero-order chi connectivity index (χ0) is 24.9. The molecular formula is C25H37Cl2NO3S. The molecule has 2 rings (SSSR count). The van der Waals surface area contributed by atoms with Gasteiger partial charge in [-0.3, -0.25) is 0 Å². The number of rotatable bonds is 7. The number of anilines is 1. The Hall–Kier alpha value is -1.62. The number of aliphatic hydroxyl groups is 2. The summed E-state index contributed by atoms with van der Waals surface area (Å²) in [5.41, 5.74) is 3.40. The van der Waals surface area contributed by atoms with Crippen molar-refractivity contribution in [3.8, 4) is 11.1 Å². The molecule has 2 N–H and O–H groups in total. The predicted octanol–water partition coefficient (Wildman–Crippen LogP) is 7.92. The molecule has 0 bridgehead atoms. The summed E-state index contributed by atoms with van der Waals surface area (Å²) < 4.78 is 0. The third-order valence-corrected chi connectivity index (χ3v) is 5.59. The number of benzene rings is 2. The van der Waals surface area contributed by atoms with Gasteiger partial charge < -0.3 is 15.1 Å². The first-order valence-corrected chi connectivity index (χ1v) is 12.4. The van der Waals surface area contributed by atoms with Crippen LogP contribution in [0.15, 0.2) is 47.6 Å². The van der Waals surface area contributed by atoms with Gasteiger partial charge in [0.15, 0.2) is 12.2 Å². The monoisotopic (exact) mass is 501 g/mol. The van der Waals surface area contributed by atoms with E-state index in [4.69, 9.17) is 38.2 Å². The first-order chi connectivity index (χ1) is 15.4. The molecule has 2 aromatic rings. The second kappa shape index (κ2) is 21.2. The fraction of sp³-hybridized carbons (Fsp3) is 0.440. The molecule has 4 nitrogen and oxygen atoms in total. The number of unbranched alkanes of at least 4 members (excludes halogenated alkanes) is 1. The fourth-order valence-corrected chi connectivity index (χ4v) is 3.84. The summed E-state index contributed by atoms with van der Waals surface area (Å²) in [6.07, 6.45) is 3.92. The molecule has 0 saturated carbocycles. The minimum absolute atomic E-state index is 0.319. The highest BCUT2D eigenvalue weighted by Crippen LogP contribution is 2.43. The lowest BCUT2D eigenvalue weighted by atomic mass is 10.0. The first kappa shape index (κ1) is 32.6. The van der Waals surface area contributed by atoms with Crippen molar-refractivity contribution in [2.24, 2.45) is 0 Å². The molecule has 0 aliphatic heterocycles. The average molecular weight is 503 g/mol. The molecular weight excluding hydrogens is 465 g/mol. The molecule has 32 heavy (non-hydrogen) atoms. The number of nitrogens with zero attached hydrogens (tertiary/aromatic N) is 1. The quantitative estimate of drug-likeness (QED) is 0.229. The largest absolute Gasteiger partial charge is 0.504 e. The molecule has 0 aliphatic carbocycles. The van der Waals surface area contributed by atoms with Crippen molar-refractivity contribution in [2.75, 3.05) is 31.4 Å². The van der Waals surface area contributed by atoms with Gasteiger partial charge in [0, 0.05) is 42.4 Å². The van der Waals surface area contributed by atoms with Gasteiger partial charge >= 0.3 is 0 Å². The van der Waals surface area contributed by atoms with E-state index in [0.29, 0.717) is 16.3 Å². The Morgan fingerprint density at radius 3 is 2.12 bits per heavy atom. The number of hydrogen-bond donors (Lipinski definition) is 2. The van der Waals surface area contributed by atoms with Crippen LogP contribution in [0.3, 0.4) is 0 Å². The molecule has 2 aromatic carbocycles. The van der Waals surface area contributed by atoms with Gasteiger partial charge in [0.2, 0.25) is 0 Å². The zero-order valence-corrected chi connectivity index (χ0v) is 22.3. The molecule has 0 aliphatic rings. The highest BCUT2D eigenvalue weighted by Gasteiger charge is 2.17. The molecule has 0 radical (unpaired) electrons. The van der Waals surface area contributed by atoms with E-state index < -0.39 is 0 Å². The maximum Gasteiger partial charge on any atom is 0.163 e. The molecule has 0 amide bonds. The van der Waals surface area contributed by atoms with Crippen molar-refractivity contribution in [1.82, 2.24) is 0 Å². The summed E-state index contributed by atoms with van der Waals surface area (Å²) in [6.45, 7) is 9.66. The van der Waals surface area contributed by atoms with Crippen molar-refractivity contribution in [3.05, 3.63) is 52.7 Å². The van der Waals surface area contributed by atoms with Crippen LogP contribution in [0, 0.1) is 0 Å². The van der Waals surface area contributed by atoms with E-state index in [-0.39, 0.29) is 0 Å². The second-order valence-electron chi connectivity index (χ2n) is 6.41. The van der Waals surface area contributed by atoms with E-state index in [2.05, 4.69) is 63.9 Å². The Bertz CT molecular complexity index is 797. The highest BCUT2D eigenvalue weighted by atomic mass is 35.5. The van der Waals surface area contributed by atoms with E-state index in [1.807, 2.05) is 23.9 Å². The van der Waals surface area contributed by atoms with E-state index in [9.17, 15) is 0 Å². The number of aliphatic hydroxyl groups excluding tert-OH is 2. The fourth-order valence-electron chi connectivity index (χ4n) is 2.60. The van der Waals surface area contributed by atoms with E-state index in [1.54, 1.807) is 0 Å². The smallest absolute Gasteiger partial charge is 0.163 e. The summed E-state index contributed by atoms with van der Waals surface area (Å²) in [5, 5.41) is 15.6. The van der Waals surface area contributed by atoms with Gasteiger partial charge in [-0.1, -0.05) is 81.9 Å². The van der Waals surface area contributed by atoms with Crippen LogP contribution in [0.2, 0.25) is 10.0 Å². The normalized spacial score (nSPS) is 9.03. The van der Waals surface area contributed by atoms with Gasteiger partial charge in [-0.15, -0.1) is 11.8 Å². The van der Waals surface area contributed by atoms with E-state index in [1.165, 1.54) is 35.4 Å². The van der Waals surface area contributed by atoms with Gasteiger partial charge in [0.25, 0.3) is 0 Å². The maximum atomic E-state index is 8.74. The lowest BCUT2D eigenvalue weighted by molar-refractivity contribution is 0.399. The SMILES string of the molecule is CCC.CCCCN(C)c1cccc(SCC)c1-c1cccc(Cl)c1Cl.CO.O=C=CO. The molecule has 0 saturated heterocycles. The van der Waals surface area contributed by atoms with E-state index >= 15 is 0 Å². The second-order valence-corrected chi connectivity index (χ2v) is 8.50. The van der Waals surface area contributed by atoms with Gasteiger partial charge in [-0.2, -0.15) is 0 Å². The first-order valence-electron chi connectivity index (χ1n) is 10.6. The minimum atomic E-state index is 0.319. The van der Waals surface area contributed by atoms with Gasteiger partial charge in [0.05, 0.1) is 10.0 Å². The van der Waals surface area contributed by atoms with Gasteiger partial charge in [-0.05, 0) is 30.4 Å². The van der Waals surface area contributed by atoms with Crippen LogP contribution in [-0.2, 0) is 4.79 Å². The van der Waals surface area contributed by atoms with Crippen LogP contribution in [-0.4, -0.2) is 42.6 Å². The lowest BCUT2D eigenvalue weighted by Gasteiger charge is -2.25. The molecule has 0 fully saturated rings. The Kier molecular flexibility index (Phi) is 21.6. The highest BCUT2D eigenvalue weighted by molar-refractivity contribution is 7.99. The molecule has 0 heterocycles. The summed E-state index contributed by atoms with van der Waals surface area (Å²) in [6, 6.07) is 12.3. The summed E-state index contributed by atoms with van der Waals surface area (Å²) in [4.78, 5) is 12.3. The van der Waals surface area contributed by atoms with Crippen LogP contribution in [0.5, 0.6) is 0 Å². The third kappa shape index (κ3) is 11.8. The molecule has 0 aromatic heterocycles. The van der Waals surface area contributed by atoms with E-state index in [0.717, 1.165) is 30.9 Å². The third-order valence-electron chi connectivity index (χ3n) is 3.84.